The van der Waals surface area contributed by atoms with Crippen LogP contribution in [0.3, 0.4) is 0 Å². The first-order valence-electron chi connectivity index (χ1n) is 9.63. The molecule has 1 amide bonds. The quantitative estimate of drug-likeness (QED) is 0.717. The molecule has 1 N–H and O–H groups in total. The lowest BCUT2D eigenvalue weighted by Gasteiger charge is -2.33. The van der Waals surface area contributed by atoms with Crippen molar-refractivity contribution in [2.75, 3.05) is 39.3 Å². The minimum absolute atomic E-state index is 0.0838. The normalized spacial score (nSPS) is 21.4. The molecule has 1 unspecified atom stereocenters. The van der Waals surface area contributed by atoms with Gasteiger partial charge in [-0.3, -0.25) is 4.79 Å². The van der Waals surface area contributed by atoms with E-state index in [1.165, 1.54) is 17.1 Å². The molecule has 9 heteroatoms. The highest BCUT2D eigenvalue weighted by atomic mass is 35.5. The van der Waals surface area contributed by atoms with Gasteiger partial charge < -0.3 is 10.2 Å². The molecule has 0 saturated carbocycles. The number of hydrogen-bond donors (Lipinski definition) is 1. The third-order valence-electron chi connectivity index (χ3n) is 5.69. The van der Waals surface area contributed by atoms with Crippen molar-refractivity contribution < 1.29 is 13.2 Å². The van der Waals surface area contributed by atoms with Gasteiger partial charge in [0.1, 0.15) is 4.21 Å². The number of likely N-dealkylation sites (tertiary alicyclic amines) is 1. The minimum Gasteiger partial charge on any atom is -0.355 e. The highest BCUT2D eigenvalue weighted by Crippen LogP contribution is 2.32. The summed E-state index contributed by atoms with van der Waals surface area (Å²) in [5.74, 6) is 0.209. The molecule has 3 rings (SSSR count). The van der Waals surface area contributed by atoms with Crippen molar-refractivity contribution in [1.82, 2.24) is 14.5 Å². The monoisotopic (exact) mass is 433 g/mol. The molecule has 0 bridgehead atoms. The Morgan fingerprint density at radius 3 is 2.52 bits per heavy atom. The average Bonchev–Trinajstić information content (AvgIpc) is 3.33. The predicted molar refractivity (Wildman–Crippen MR) is 109 cm³/mol. The smallest absolute Gasteiger partial charge is 0.252 e. The molecular weight excluding hydrogens is 406 g/mol. The molecule has 1 aromatic rings. The number of piperidine rings is 1. The van der Waals surface area contributed by atoms with Gasteiger partial charge in [-0.25, -0.2) is 8.42 Å². The first-order valence-corrected chi connectivity index (χ1v) is 12.3. The summed E-state index contributed by atoms with van der Waals surface area (Å²) < 4.78 is 27.6. The zero-order valence-corrected chi connectivity index (χ0v) is 18.1. The van der Waals surface area contributed by atoms with E-state index in [2.05, 4.69) is 10.2 Å². The Balaban J connectivity index is 1.45. The van der Waals surface area contributed by atoms with Crippen molar-refractivity contribution >= 4 is 38.9 Å². The standard InChI is InChI=1S/C18H28ClN3O3S2/c1-14(18(23)20-8-13-21-9-2-3-10-21)15-6-11-22(12-7-15)27(24,25)17-5-4-16(19)26-17/h4-5,14-15H,2-3,6-13H2,1H3,(H,20,23). The number of rotatable bonds is 7. The van der Waals surface area contributed by atoms with E-state index in [9.17, 15) is 13.2 Å². The topological polar surface area (TPSA) is 69.7 Å². The van der Waals surface area contributed by atoms with Crippen molar-refractivity contribution in [2.45, 2.75) is 36.8 Å². The van der Waals surface area contributed by atoms with Crippen molar-refractivity contribution in [3.8, 4) is 0 Å². The summed E-state index contributed by atoms with van der Waals surface area (Å²) >= 11 is 6.96. The lowest BCUT2D eigenvalue weighted by molar-refractivity contribution is -0.126. The van der Waals surface area contributed by atoms with Crippen LogP contribution in [0.4, 0.5) is 0 Å². The molecule has 0 radical (unpaired) electrons. The van der Waals surface area contributed by atoms with E-state index in [1.54, 1.807) is 12.1 Å². The zero-order valence-electron chi connectivity index (χ0n) is 15.7. The van der Waals surface area contributed by atoms with Crippen LogP contribution in [0.2, 0.25) is 4.34 Å². The molecule has 3 heterocycles. The Bertz CT molecular complexity index is 739. The molecule has 2 aliphatic rings. The number of nitrogens with zero attached hydrogens (tertiary/aromatic N) is 2. The summed E-state index contributed by atoms with van der Waals surface area (Å²) in [6.07, 6.45) is 3.92. The Morgan fingerprint density at radius 1 is 1.26 bits per heavy atom. The van der Waals surface area contributed by atoms with Crippen LogP contribution >= 0.6 is 22.9 Å². The van der Waals surface area contributed by atoms with Gasteiger partial charge in [-0.1, -0.05) is 18.5 Å². The third kappa shape index (κ3) is 5.23. The van der Waals surface area contributed by atoms with Crippen LogP contribution in [0, 0.1) is 11.8 Å². The summed E-state index contributed by atoms with van der Waals surface area (Å²) in [6, 6.07) is 3.17. The molecular formula is C18H28ClN3O3S2. The van der Waals surface area contributed by atoms with E-state index in [1.807, 2.05) is 6.92 Å². The molecule has 152 valence electrons. The second kappa shape index (κ2) is 9.22. The van der Waals surface area contributed by atoms with Gasteiger partial charge in [0.15, 0.2) is 0 Å². The van der Waals surface area contributed by atoms with Crippen LogP contribution in [0.1, 0.15) is 32.6 Å². The van der Waals surface area contributed by atoms with Crippen molar-refractivity contribution in [3.63, 3.8) is 0 Å². The fourth-order valence-electron chi connectivity index (χ4n) is 3.90. The maximum atomic E-state index is 12.7. The molecule has 1 aromatic heterocycles. The number of hydrogen-bond acceptors (Lipinski definition) is 5. The number of carbonyl (C=O) groups excluding carboxylic acids is 1. The van der Waals surface area contributed by atoms with Gasteiger partial charge in [0.25, 0.3) is 10.0 Å². The number of amides is 1. The molecule has 2 aliphatic heterocycles. The minimum atomic E-state index is -3.47. The lowest BCUT2D eigenvalue weighted by atomic mass is 9.85. The van der Waals surface area contributed by atoms with Crippen molar-refractivity contribution in [1.29, 1.82) is 0 Å². The Labute approximate surface area is 170 Å². The Morgan fingerprint density at radius 2 is 1.93 bits per heavy atom. The number of carbonyl (C=O) groups is 1. The number of sulfonamides is 1. The maximum absolute atomic E-state index is 12.7. The van der Waals surface area contributed by atoms with Crippen LogP contribution in [0.5, 0.6) is 0 Å². The fourth-order valence-corrected chi connectivity index (χ4v) is 7.00. The molecule has 2 fully saturated rings. The van der Waals surface area contributed by atoms with E-state index in [0.29, 0.717) is 41.0 Å². The van der Waals surface area contributed by atoms with Gasteiger partial charge >= 0.3 is 0 Å². The second-order valence-electron chi connectivity index (χ2n) is 7.43. The molecule has 0 spiro atoms. The highest BCUT2D eigenvalue weighted by molar-refractivity contribution is 7.91. The van der Waals surface area contributed by atoms with Crippen LogP contribution in [0.25, 0.3) is 0 Å². The van der Waals surface area contributed by atoms with Gasteiger partial charge in [0.2, 0.25) is 5.91 Å². The van der Waals surface area contributed by atoms with Crippen LogP contribution in [-0.2, 0) is 14.8 Å². The second-order valence-corrected chi connectivity index (χ2v) is 11.3. The summed E-state index contributed by atoms with van der Waals surface area (Å²) in [5, 5.41) is 3.05. The average molecular weight is 434 g/mol. The fraction of sp³-hybridized carbons (Fsp3) is 0.722. The molecule has 27 heavy (non-hydrogen) atoms. The molecule has 0 aromatic carbocycles. The summed E-state index contributed by atoms with van der Waals surface area (Å²) in [5.41, 5.74) is 0. The van der Waals surface area contributed by atoms with Gasteiger partial charge in [-0.15, -0.1) is 11.3 Å². The van der Waals surface area contributed by atoms with Gasteiger partial charge in [0.05, 0.1) is 4.34 Å². The predicted octanol–water partition coefficient (Wildman–Crippen LogP) is 2.65. The maximum Gasteiger partial charge on any atom is 0.252 e. The number of thiophene rings is 1. The zero-order chi connectivity index (χ0) is 19.4. The first kappa shape index (κ1) is 21.0. The van der Waals surface area contributed by atoms with Crippen LogP contribution in [0.15, 0.2) is 16.3 Å². The van der Waals surface area contributed by atoms with Crippen LogP contribution in [-0.4, -0.2) is 62.8 Å². The van der Waals surface area contributed by atoms with E-state index in [4.69, 9.17) is 11.6 Å². The Kier molecular flexibility index (Phi) is 7.19. The molecule has 6 nitrogen and oxygen atoms in total. The van der Waals surface area contributed by atoms with E-state index < -0.39 is 10.0 Å². The van der Waals surface area contributed by atoms with Crippen LogP contribution < -0.4 is 5.32 Å². The largest absolute Gasteiger partial charge is 0.355 e. The van der Waals surface area contributed by atoms with E-state index in [0.717, 1.165) is 31.0 Å². The molecule has 0 aliphatic carbocycles. The molecule has 1 atom stereocenters. The number of halogens is 1. The van der Waals surface area contributed by atoms with Crippen molar-refractivity contribution in [2.24, 2.45) is 11.8 Å². The summed E-state index contributed by atoms with van der Waals surface area (Å²) in [7, 11) is -3.47. The van der Waals surface area contributed by atoms with Crippen molar-refractivity contribution in [3.05, 3.63) is 16.5 Å². The first-order chi connectivity index (χ1) is 12.9. The highest BCUT2D eigenvalue weighted by Gasteiger charge is 2.34. The summed E-state index contributed by atoms with van der Waals surface area (Å²) in [4.78, 5) is 14.8. The van der Waals surface area contributed by atoms with E-state index in [-0.39, 0.29) is 17.7 Å². The molecule has 2 saturated heterocycles. The van der Waals surface area contributed by atoms with Gasteiger partial charge in [-0.2, -0.15) is 4.31 Å². The van der Waals surface area contributed by atoms with E-state index >= 15 is 0 Å². The van der Waals surface area contributed by atoms with Gasteiger partial charge in [-0.05, 0) is 56.8 Å². The summed E-state index contributed by atoms with van der Waals surface area (Å²) in [6.45, 7) is 6.73. The Hall–Kier alpha value is -0.670. The lowest BCUT2D eigenvalue weighted by Crippen LogP contribution is -2.43. The number of nitrogens with one attached hydrogen (secondary N) is 1. The SMILES string of the molecule is CC(C(=O)NCCN1CCCC1)C1CCN(S(=O)(=O)c2ccc(Cl)s2)CC1. The van der Waals surface area contributed by atoms with Gasteiger partial charge in [0, 0.05) is 32.1 Å². The third-order valence-corrected chi connectivity index (χ3v) is 9.29.